The van der Waals surface area contributed by atoms with E-state index in [-0.39, 0.29) is 5.41 Å². The van der Waals surface area contributed by atoms with Gasteiger partial charge in [-0.3, -0.25) is 0 Å². The number of nitrogens with zero attached hydrogens (tertiary/aromatic N) is 1. The average Bonchev–Trinajstić information content (AvgIpc) is 3.74. The fourth-order valence-corrected chi connectivity index (χ4v) is 9.31. The summed E-state index contributed by atoms with van der Waals surface area (Å²) in [4.78, 5) is 0. The Balaban J connectivity index is 1.24. The van der Waals surface area contributed by atoms with Crippen molar-refractivity contribution in [1.82, 2.24) is 4.57 Å². The first-order valence-electron chi connectivity index (χ1n) is 16.4. The van der Waals surface area contributed by atoms with Crippen LogP contribution in [0.3, 0.4) is 0 Å². The molecule has 0 bridgehead atoms. The number of hydrogen-bond acceptors (Lipinski definition) is 1. The molecule has 0 saturated heterocycles. The zero-order chi connectivity index (χ0) is 31.3. The summed E-state index contributed by atoms with van der Waals surface area (Å²) in [7, 11) is 0. The zero-order valence-electron chi connectivity index (χ0n) is 26.3. The third kappa shape index (κ3) is 3.83. The van der Waals surface area contributed by atoms with Crippen molar-refractivity contribution in [2.24, 2.45) is 0 Å². The van der Waals surface area contributed by atoms with E-state index >= 15 is 0 Å². The highest BCUT2D eigenvalue weighted by molar-refractivity contribution is 7.26. The summed E-state index contributed by atoms with van der Waals surface area (Å²) in [5.41, 5.74) is 14.0. The van der Waals surface area contributed by atoms with Gasteiger partial charge in [0, 0.05) is 47.6 Å². The minimum Gasteiger partial charge on any atom is -0.309 e. The summed E-state index contributed by atoms with van der Waals surface area (Å²) in [6, 6.07) is 56.1. The summed E-state index contributed by atoms with van der Waals surface area (Å²) in [6.45, 7) is 4.79. The molecule has 0 unspecified atom stereocenters. The Morgan fingerprint density at radius 1 is 0.468 bits per heavy atom. The molecule has 0 N–H and O–H groups in total. The molecular weight excluding hydrogens is 587 g/mol. The van der Waals surface area contributed by atoms with Gasteiger partial charge in [-0.2, -0.15) is 0 Å². The molecule has 2 heteroatoms. The molecule has 1 aliphatic carbocycles. The molecule has 0 radical (unpaired) electrons. The van der Waals surface area contributed by atoms with E-state index in [4.69, 9.17) is 0 Å². The number of aromatic nitrogens is 1. The minimum atomic E-state index is -0.117. The molecule has 10 rings (SSSR count). The number of hydrogen-bond donors (Lipinski definition) is 0. The highest BCUT2D eigenvalue weighted by Gasteiger charge is 2.37. The van der Waals surface area contributed by atoms with Crippen LogP contribution in [0.2, 0.25) is 0 Å². The lowest BCUT2D eigenvalue weighted by atomic mass is 9.82. The average molecular weight is 618 g/mol. The van der Waals surface area contributed by atoms with Crippen LogP contribution in [0.25, 0.3) is 81.0 Å². The molecule has 2 aromatic heterocycles. The van der Waals surface area contributed by atoms with Crippen molar-refractivity contribution in [1.29, 1.82) is 0 Å². The van der Waals surface area contributed by atoms with Crippen LogP contribution >= 0.6 is 11.3 Å². The van der Waals surface area contributed by atoms with Crippen molar-refractivity contribution >= 4 is 53.3 Å². The van der Waals surface area contributed by atoms with E-state index in [9.17, 15) is 0 Å². The second-order valence-corrected chi connectivity index (χ2v) is 14.4. The maximum absolute atomic E-state index is 2.50. The molecule has 0 fully saturated rings. The number of thiophene rings is 1. The van der Waals surface area contributed by atoms with E-state index in [1.165, 1.54) is 92.2 Å². The Labute approximate surface area is 278 Å². The molecule has 7 aromatic carbocycles. The Kier molecular flexibility index (Phi) is 5.57. The van der Waals surface area contributed by atoms with Crippen molar-refractivity contribution in [2.45, 2.75) is 19.3 Å². The van der Waals surface area contributed by atoms with E-state index in [0.29, 0.717) is 0 Å². The zero-order valence-corrected chi connectivity index (χ0v) is 27.1. The van der Waals surface area contributed by atoms with Crippen LogP contribution in [0.15, 0.2) is 152 Å². The maximum atomic E-state index is 2.50. The van der Waals surface area contributed by atoms with Gasteiger partial charge in [0.1, 0.15) is 0 Å². The fourth-order valence-electron chi connectivity index (χ4n) is 8.05. The lowest BCUT2D eigenvalue weighted by molar-refractivity contribution is 0.660. The number of benzene rings is 7. The first kappa shape index (κ1) is 26.7. The molecule has 0 spiro atoms. The van der Waals surface area contributed by atoms with Crippen molar-refractivity contribution in [2.75, 3.05) is 0 Å². The summed E-state index contributed by atoms with van der Waals surface area (Å²) >= 11 is 1.93. The molecule has 0 amide bonds. The van der Waals surface area contributed by atoms with E-state index in [0.717, 1.165) is 0 Å². The SMILES string of the molecule is CC1(C)c2cc(-n3c4cc(-c5ccccc5)ccc4c4ccc(-c5ccccc5)cc43)ccc2-c2c1ccc1c2sc2ccccc21. The van der Waals surface area contributed by atoms with Crippen LogP contribution in [0.5, 0.6) is 0 Å². The van der Waals surface area contributed by atoms with Crippen molar-refractivity contribution in [3.8, 4) is 39.1 Å². The smallest absolute Gasteiger partial charge is 0.0547 e. The van der Waals surface area contributed by atoms with Gasteiger partial charge in [-0.25, -0.2) is 0 Å². The predicted molar refractivity (Wildman–Crippen MR) is 202 cm³/mol. The van der Waals surface area contributed by atoms with Gasteiger partial charge in [0.2, 0.25) is 0 Å². The molecule has 2 heterocycles. The lowest BCUT2D eigenvalue weighted by Crippen LogP contribution is -2.15. The van der Waals surface area contributed by atoms with E-state index in [2.05, 4.69) is 170 Å². The summed E-state index contributed by atoms with van der Waals surface area (Å²) in [5, 5.41) is 5.26. The molecule has 0 atom stereocenters. The molecule has 1 aliphatic rings. The molecule has 1 nitrogen and oxygen atoms in total. The lowest BCUT2D eigenvalue weighted by Gasteiger charge is -2.22. The third-order valence-corrected chi connectivity index (χ3v) is 11.6. The first-order valence-corrected chi connectivity index (χ1v) is 17.2. The minimum absolute atomic E-state index is 0.117. The van der Waals surface area contributed by atoms with Gasteiger partial charge in [-0.05, 0) is 69.3 Å². The molecular formula is C45H31NS. The maximum Gasteiger partial charge on any atom is 0.0547 e. The predicted octanol–water partition coefficient (Wildman–Crippen LogP) is 12.8. The van der Waals surface area contributed by atoms with Crippen LogP contribution in [-0.2, 0) is 5.41 Å². The quantitative estimate of drug-likeness (QED) is 0.186. The molecule has 0 aliphatic heterocycles. The van der Waals surface area contributed by atoms with Gasteiger partial charge in [-0.15, -0.1) is 11.3 Å². The molecule has 47 heavy (non-hydrogen) atoms. The summed E-state index contributed by atoms with van der Waals surface area (Å²) < 4.78 is 5.26. The largest absolute Gasteiger partial charge is 0.309 e. The highest BCUT2D eigenvalue weighted by Crippen LogP contribution is 2.54. The van der Waals surface area contributed by atoms with Gasteiger partial charge in [0.15, 0.2) is 0 Å². The van der Waals surface area contributed by atoms with E-state index < -0.39 is 0 Å². The van der Waals surface area contributed by atoms with Crippen LogP contribution in [0.4, 0.5) is 0 Å². The standard InChI is InChI=1S/C45H31NS/c1-45(2)38-24-23-36-35-15-9-10-16-42(35)47-44(36)43(38)37-22-19-32(27-39(37)45)46-40-25-30(28-11-5-3-6-12-28)17-20-33(40)34-21-18-31(26-41(34)46)29-13-7-4-8-14-29/h3-27H,1-2H3. The fraction of sp³-hybridized carbons (Fsp3) is 0.0667. The number of rotatable bonds is 3. The van der Waals surface area contributed by atoms with E-state index in [1.54, 1.807) is 0 Å². The van der Waals surface area contributed by atoms with Gasteiger partial charge in [-0.1, -0.05) is 135 Å². The second-order valence-electron chi connectivity index (χ2n) is 13.3. The van der Waals surface area contributed by atoms with Crippen molar-refractivity contribution < 1.29 is 0 Å². The third-order valence-electron chi connectivity index (χ3n) is 10.4. The van der Waals surface area contributed by atoms with Gasteiger partial charge in [0.25, 0.3) is 0 Å². The van der Waals surface area contributed by atoms with Crippen LogP contribution in [-0.4, -0.2) is 4.57 Å². The van der Waals surface area contributed by atoms with Gasteiger partial charge in [0.05, 0.1) is 11.0 Å². The Hall–Kier alpha value is -5.44. The molecule has 9 aromatic rings. The van der Waals surface area contributed by atoms with Crippen LogP contribution in [0.1, 0.15) is 25.0 Å². The van der Waals surface area contributed by atoms with Gasteiger partial charge >= 0.3 is 0 Å². The summed E-state index contributed by atoms with van der Waals surface area (Å²) in [5.74, 6) is 0. The van der Waals surface area contributed by atoms with Crippen LogP contribution in [0, 0.1) is 0 Å². The first-order chi connectivity index (χ1) is 23.1. The normalized spacial score (nSPS) is 13.5. The Morgan fingerprint density at radius 2 is 1.06 bits per heavy atom. The Bertz CT molecular complexity index is 2590. The number of fused-ring (bicyclic) bond motifs is 10. The highest BCUT2D eigenvalue weighted by atomic mass is 32.1. The van der Waals surface area contributed by atoms with E-state index in [1.807, 2.05) is 11.3 Å². The topological polar surface area (TPSA) is 4.93 Å². The second kappa shape index (κ2) is 9.78. The monoisotopic (exact) mass is 617 g/mol. The summed E-state index contributed by atoms with van der Waals surface area (Å²) in [6.07, 6.45) is 0. The van der Waals surface area contributed by atoms with Gasteiger partial charge < -0.3 is 4.57 Å². The van der Waals surface area contributed by atoms with Crippen molar-refractivity contribution in [3.05, 3.63) is 163 Å². The molecule has 222 valence electrons. The van der Waals surface area contributed by atoms with Crippen LogP contribution < -0.4 is 0 Å². The van der Waals surface area contributed by atoms with Crippen molar-refractivity contribution in [3.63, 3.8) is 0 Å². The Morgan fingerprint density at radius 3 is 1.72 bits per heavy atom. The molecule has 0 saturated carbocycles.